The highest BCUT2D eigenvalue weighted by atomic mass is 35.5. The Hall–Kier alpha value is -2.77. The Morgan fingerprint density at radius 2 is 2.07 bits per heavy atom. The van der Waals surface area contributed by atoms with Crippen molar-refractivity contribution in [3.8, 4) is 5.75 Å². The predicted octanol–water partition coefficient (Wildman–Crippen LogP) is 2.95. The highest BCUT2D eigenvalue weighted by Crippen LogP contribution is 2.26. The van der Waals surface area contributed by atoms with Gasteiger partial charge in [0.15, 0.2) is 5.78 Å². The highest BCUT2D eigenvalue weighted by Gasteiger charge is 2.22. The smallest absolute Gasteiger partial charge is 0.255 e. The molecule has 1 saturated heterocycles. The van der Waals surface area contributed by atoms with Crippen LogP contribution in [-0.4, -0.2) is 60.2 Å². The number of halogens is 1. The summed E-state index contributed by atoms with van der Waals surface area (Å²) in [6.45, 7) is 2.25. The van der Waals surface area contributed by atoms with E-state index in [-0.39, 0.29) is 24.7 Å². The van der Waals surface area contributed by atoms with Crippen molar-refractivity contribution in [1.82, 2.24) is 9.88 Å². The Morgan fingerprint density at radius 3 is 2.89 bits per heavy atom. The highest BCUT2D eigenvalue weighted by molar-refractivity contribution is 6.33. The van der Waals surface area contributed by atoms with Crippen molar-refractivity contribution in [2.45, 2.75) is 6.42 Å². The summed E-state index contributed by atoms with van der Waals surface area (Å²) in [6.07, 6.45) is 3.34. The van der Waals surface area contributed by atoms with Gasteiger partial charge in [-0.3, -0.25) is 19.6 Å². The number of hydrogen-bond acceptors (Lipinski definition) is 6. The van der Waals surface area contributed by atoms with E-state index in [0.717, 1.165) is 0 Å². The summed E-state index contributed by atoms with van der Waals surface area (Å²) in [5, 5.41) is 0.369. The molecular weight excluding hydrogens is 382 g/mol. The van der Waals surface area contributed by atoms with Gasteiger partial charge in [0.05, 0.1) is 47.8 Å². The van der Waals surface area contributed by atoms with Crippen molar-refractivity contribution in [3.05, 3.63) is 52.8 Å². The van der Waals surface area contributed by atoms with E-state index in [4.69, 9.17) is 21.1 Å². The first-order valence-corrected chi connectivity index (χ1v) is 9.32. The topological polar surface area (TPSA) is 81.1 Å². The molecule has 0 spiro atoms. The number of rotatable bonds is 4. The van der Waals surface area contributed by atoms with Gasteiger partial charge in [-0.1, -0.05) is 11.6 Å². The minimum absolute atomic E-state index is 0.00899. The Kier molecular flexibility index (Phi) is 5.36. The maximum Gasteiger partial charge on any atom is 0.255 e. The van der Waals surface area contributed by atoms with Crippen LogP contribution < -0.4 is 4.74 Å². The van der Waals surface area contributed by atoms with Gasteiger partial charge in [-0.15, -0.1) is 0 Å². The van der Waals surface area contributed by atoms with E-state index in [0.29, 0.717) is 59.6 Å². The first kappa shape index (κ1) is 18.6. The number of carbonyl (C=O) groups is 2. The number of fused-ring (bicyclic) bond motifs is 1. The zero-order valence-electron chi connectivity index (χ0n) is 15.1. The number of pyridine rings is 1. The summed E-state index contributed by atoms with van der Waals surface area (Å²) in [5.41, 5.74) is 2.12. The molecule has 0 unspecified atom stereocenters. The quantitative estimate of drug-likeness (QED) is 0.789. The van der Waals surface area contributed by atoms with E-state index < -0.39 is 0 Å². The molecule has 0 saturated carbocycles. The first-order valence-electron chi connectivity index (χ1n) is 8.95. The normalized spacial score (nSPS) is 16.4. The van der Waals surface area contributed by atoms with Gasteiger partial charge in [0, 0.05) is 24.8 Å². The molecule has 3 heterocycles. The lowest BCUT2D eigenvalue weighted by molar-refractivity contribution is 0.0303. The summed E-state index contributed by atoms with van der Waals surface area (Å²) < 4.78 is 11.1. The number of ether oxygens (including phenoxy) is 2. The Balaban J connectivity index is 1.48. The van der Waals surface area contributed by atoms with Crippen LogP contribution >= 0.6 is 11.6 Å². The molecule has 2 aromatic rings. The van der Waals surface area contributed by atoms with Gasteiger partial charge in [0.2, 0.25) is 0 Å². The molecule has 1 aromatic carbocycles. The number of hydrogen-bond donors (Lipinski definition) is 0. The molecule has 1 fully saturated rings. The van der Waals surface area contributed by atoms with E-state index in [1.165, 1.54) is 0 Å². The largest absolute Gasteiger partial charge is 0.488 e. The lowest BCUT2D eigenvalue weighted by Gasteiger charge is -2.27. The molecule has 0 atom stereocenters. The first-order chi connectivity index (χ1) is 13.6. The second-order valence-corrected chi connectivity index (χ2v) is 6.91. The summed E-state index contributed by atoms with van der Waals surface area (Å²) >= 11 is 6.22. The van der Waals surface area contributed by atoms with Crippen molar-refractivity contribution in [1.29, 1.82) is 0 Å². The van der Waals surface area contributed by atoms with Crippen LogP contribution in [0.1, 0.15) is 27.1 Å². The fourth-order valence-electron chi connectivity index (χ4n) is 3.15. The molecule has 0 radical (unpaired) electrons. The number of nitrogens with zero attached hydrogens (tertiary/aromatic N) is 3. The summed E-state index contributed by atoms with van der Waals surface area (Å²) in [6, 6.07) is 6.62. The summed E-state index contributed by atoms with van der Waals surface area (Å²) in [4.78, 5) is 35.1. The average molecular weight is 400 g/mol. The van der Waals surface area contributed by atoms with E-state index in [2.05, 4.69) is 9.98 Å². The Bertz CT molecular complexity index is 954. The maximum absolute atomic E-state index is 12.7. The molecule has 1 amide bonds. The standard InChI is InChI=1S/C20H18ClN3O4/c21-17-2-1-14(10-16(17)20(26)24-5-7-27-8-6-24)28-12-13-9-19(25)15-3-4-22-11-18(15)23-13/h1-4,10-11H,5-9,12H2. The van der Waals surface area contributed by atoms with Gasteiger partial charge in [-0.25, -0.2) is 0 Å². The molecule has 2 aliphatic rings. The average Bonchev–Trinajstić information content (AvgIpc) is 2.73. The van der Waals surface area contributed by atoms with Crippen LogP contribution in [0.25, 0.3) is 0 Å². The van der Waals surface area contributed by atoms with Gasteiger partial charge >= 0.3 is 0 Å². The van der Waals surface area contributed by atoms with Crippen LogP contribution in [0.3, 0.4) is 0 Å². The summed E-state index contributed by atoms with van der Waals surface area (Å²) in [7, 11) is 0. The van der Waals surface area contributed by atoms with Crippen molar-refractivity contribution >= 4 is 34.7 Å². The van der Waals surface area contributed by atoms with Crippen molar-refractivity contribution in [2.75, 3.05) is 32.9 Å². The van der Waals surface area contributed by atoms with Gasteiger partial charge in [0.1, 0.15) is 12.4 Å². The molecular formula is C20H18ClN3O4. The molecule has 7 nitrogen and oxygen atoms in total. The zero-order valence-corrected chi connectivity index (χ0v) is 15.8. The number of Topliss-reactive ketones (excluding diaryl/α,β-unsaturated/α-hetero) is 1. The summed E-state index contributed by atoms with van der Waals surface area (Å²) in [5.74, 6) is 0.336. The van der Waals surface area contributed by atoms with E-state index >= 15 is 0 Å². The Morgan fingerprint density at radius 1 is 1.25 bits per heavy atom. The molecule has 2 aliphatic heterocycles. The number of amides is 1. The second-order valence-electron chi connectivity index (χ2n) is 6.51. The van der Waals surface area contributed by atoms with Crippen LogP contribution in [0.15, 0.2) is 41.7 Å². The van der Waals surface area contributed by atoms with Gasteiger partial charge < -0.3 is 14.4 Å². The van der Waals surface area contributed by atoms with E-state index in [1.807, 2.05) is 0 Å². The third kappa shape index (κ3) is 3.90. The molecule has 4 rings (SSSR count). The molecule has 28 heavy (non-hydrogen) atoms. The monoisotopic (exact) mass is 399 g/mol. The lowest BCUT2D eigenvalue weighted by Crippen LogP contribution is -2.40. The molecule has 8 heteroatoms. The molecule has 0 bridgehead atoms. The SMILES string of the molecule is O=C1CC(COc2ccc(Cl)c(C(=O)N3CCOCC3)c2)=Nc2cnccc21. The van der Waals surface area contributed by atoms with Crippen LogP contribution in [-0.2, 0) is 4.74 Å². The Labute approximate surface area is 166 Å². The van der Waals surface area contributed by atoms with Gasteiger partial charge in [0.25, 0.3) is 5.91 Å². The maximum atomic E-state index is 12.7. The lowest BCUT2D eigenvalue weighted by atomic mass is 10.0. The zero-order chi connectivity index (χ0) is 19.5. The van der Waals surface area contributed by atoms with Crippen molar-refractivity contribution < 1.29 is 19.1 Å². The number of aliphatic imine (C=N–C) groups is 1. The molecule has 1 aromatic heterocycles. The minimum atomic E-state index is -0.149. The third-order valence-corrected chi connectivity index (χ3v) is 4.95. The molecule has 0 N–H and O–H groups in total. The molecule has 0 aliphatic carbocycles. The number of benzene rings is 1. The predicted molar refractivity (Wildman–Crippen MR) is 104 cm³/mol. The van der Waals surface area contributed by atoms with Gasteiger partial charge in [-0.05, 0) is 24.3 Å². The number of ketones is 1. The van der Waals surface area contributed by atoms with Crippen molar-refractivity contribution in [2.24, 2.45) is 4.99 Å². The van der Waals surface area contributed by atoms with E-state index in [1.54, 1.807) is 41.6 Å². The minimum Gasteiger partial charge on any atom is -0.488 e. The van der Waals surface area contributed by atoms with Crippen LogP contribution in [0.4, 0.5) is 5.69 Å². The number of aromatic nitrogens is 1. The van der Waals surface area contributed by atoms with Gasteiger partial charge in [-0.2, -0.15) is 0 Å². The van der Waals surface area contributed by atoms with Crippen LogP contribution in [0.5, 0.6) is 5.75 Å². The fraction of sp³-hybridized carbons (Fsp3) is 0.300. The van der Waals surface area contributed by atoms with E-state index in [9.17, 15) is 9.59 Å². The number of carbonyl (C=O) groups excluding carboxylic acids is 2. The van der Waals surface area contributed by atoms with Crippen LogP contribution in [0, 0.1) is 0 Å². The van der Waals surface area contributed by atoms with Crippen molar-refractivity contribution in [3.63, 3.8) is 0 Å². The number of morpholine rings is 1. The molecule has 144 valence electrons. The van der Waals surface area contributed by atoms with Crippen LogP contribution in [0.2, 0.25) is 5.02 Å². The fourth-order valence-corrected chi connectivity index (χ4v) is 3.34. The third-order valence-electron chi connectivity index (χ3n) is 4.62. The second kappa shape index (κ2) is 8.08.